The predicted octanol–water partition coefficient (Wildman–Crippen LogP) is 3.86. The van der Waals surface area contributed by atoms with E-state index in [4.69, 9.17) is 9.08 Å². The fourth-order valence-corrected chi connectivity index (χ4v) is 4.13. The van der Waals surface area contributed by atoms with Crippen LogP contribution in [0.5, 0.6) is 0 Å². The molecule has 7 nitrogen and oxygen atoms in total. The van der Waals surface area contributed by atoms with Crippen molar-refractivity contribution in [3.63, 3.8) is 0 Å². The van der Waals surface area contributed by atoms with Crippen molar-refractivity contribution in [2.45, 2.75) is 25.7 Å². The molecule has 1 saturated carbocycles. The molecule has 8 heteroatoms. The Bertz CT molecular complexity index is 1060. The third-order valence-electron chi connectivity index (χ3n) is 5.08. The number of anilines is 1. The second kappa shape index (κ2) is 6.17. The summed E-state index contributed by atoms with van der Waals surface area (Å²) >= 11 is 0. The lowest BCUT2D eigenvalue weighted by atomic mass is 10.0. The maximum atomic E-state index is 10.9. The van der Waals surface area contributed by atoms with Crippen molar-refractivity contribution in [1.82, 2.24) is 10.1 Å². The van der Waals surface area contributed by atoms with E-state index in [2.05, 4.69) is 24.0 Å². The Kier molecular flexibility index (Phi) is 4.05. The van der Waals surface area contributed by atoms with Gasteiger partial charge in [0, 0.05) is 11.5 Å². The largest absolute Gasteiger partial charge is 0.357 e. The van der Waals surface area contributed by atoms with Gasteiger partial charge in [0.05, 0.1) is 11.6 Å². The number of hydrogen-bond donors (Lipinski definition) is 2. The average Bonchev–Trinajstić information content (AvgIpc) is 2.96. The fourth-order valence-electron chi connectivity index (χ4n) is 3.69. The second-order valence-corrected chi connectivity index (χ2v) is 8.45. The smallest absolute Gasteiger partial charge is 0.339 e. The van der Waals surface area contributed by atoms with E-state index in [0.29, 0.717) is 17.4 Å². The van der Waals surface area contributed by atoms with Gasteiger partial charge in [0.25, 0.3) is 0 Å². The monoisotopic (exact) mass is 385 g/mol. The van der Waals surface area contributed by atoms with E-state index in [-0.39, 0.29) is 17.3 Å². The SMILES string of the molecule is CC1(C)C(c2ccc(NS(=O)(=O)O)cc2)C1c1nc(-c2ccccc2)no1. The van der Waals surface area contributed by atoms with Crippen molar-refractivity contribution in [3.8, 4) is 11.4 Å². The number of hydrogen-bond acceptors (Lipinski definition) is 5. The molecule has 0 radical (unpaired) electrons. The summed E-state index contributed by atoms with van der Waals surface area (Å²) in [6.07, 6.45) is 0. The van der Waals surface area contributed by atoms with Gasteiger partial charge in [0.2, 0.25) is 11.7 Å². The number of aromatic nitrogens is 2. The molecule has 1 aliphatic rings. The first-order chi connectivity index (χ1) is 12.8. The Hall–Kier alpha value is -2.71. The average molecular weight is 385 g/mol. The molecule has 0 saturated heterocycles. The number of benzene rings is 2. The van der Waals surface area contributed by atoms with Gasteiger partial charge in [-0.25, -0.2) is 0 Å². The second-order valence-electron chi connectivity index (χ2n) is 7.30. The van der Waals surface area contributed by atoms with Crippen LogP contribution in [0.25, 0.3) is 11.4 Å². The lowest BCUT2D eigenvalue weighted by Gasteiger charge is -2.05. The van der Waals surface area contributed by atoms with Crippen LogP contribution in [0.4, 0.5) is 5.69 Å². The van der Waals surface area contributed by atoms with Gasteiger partial charge in [-0.05, 0) is 23.1 Å². The van der Waals surface area contributed by atoms with Crippen LogP contribution < -0.4 is 4.72 Å². The van der Waals surface area contributed by atoms with Crippen molar-refractivity contribution in [1.29, 1.82) is 0 Å². The van der Waals surface area contributed by atoms with Gasteiger partial charge in [-0.1, -0.05) is 61.5 Å². The first-order valence-electron chi connectivity index (χ1n) is 8.50. The first kappa shape index (κ1) is 17.7. The van der Waals surface area contributed by atoms with Crippen LogP contribution in [-0.4, -0.2) is 23.1 Å². The Balaban J connectivity index is 1.57. The molecule has 0 spiro atoms. The van der Waals surface area contributed by atoms with Crippen molar-refractivity contribution >= 4 is 16.0 Å². The van der Waals surface area contributed by atoms with E-state index < -0.39 is 10.3 Å². The van der Waals surface area contributed by atoms with Gasteiger partial charge in [-0.3, -0.25) is 9.27 Å². The summed E-state index contributed by atoms with van der Waals surface area (Å²) in [5.74, 6) is 1.44. The number of nitrogens with one attached hydrogen (secondary N) is 1. The van der Waals surface area contributed by atoms with Gasteiger partial charge in [-0.15, -0.1) is 0 Å². The topological polar surface area (TPSA) is 105 Å². The van der Waals surface area contributed by atoms with Crippen LogP contribution in [0.2, 0.25) is 0 Å². The standard InChI is InChI=1S/C19H19N3O4S/c1-19(2)15(12-8-10-14(11-9-12)22-27(23,24)25)16(19)18-20-17(21-26-18)13-6-4-3-5-7-13/h3-11,15-16,22H,1-2H3,(H,23,24,25). The van der Waals surface area contributed by atoms with Crippen LogP contribution in [0.1, 0.15) is 37.1 Å². The minimum Gasteiger partial charge on any atom is -0.339 e. The van der Waals surface area contributed by atoms with Crippen molar-refractivity contribution < 1.29 is 17.5 Å². The van der Waals surface area contributed by atoms with E-state index in [1.165, 1.54) is 0 Å². The molecule has 2 aromatic carbocycles. The Morgan fingerprint density at radius 1 is 1.04 bits per heavy atom. The van der Waals surface area contributed by atoms with E-state index in [9.17, 15) is 8.42 Å². The highest BCUT2D eigenvalue weighted by Crippen LogP contribution is 2.69. The Morgan fingerprint density at radius 3 is 2.33 bits per heavy atom. The molecule has 2 unspecified atom stereocenters. The molecule has 1 aliphatic carbocycles. The molecule has 3 aromatic rings. The Labute approximate surface area is 157 Å². The summed E-state index contributed by atoms with van der Waals surface area (Å²) < 4.78 is 38.3. The van der Waals surface area contributed by atoms with Gasteiger partial charge < -0.3 is 4.52 Å². The lowest BCUT2D eigenvalue weighted by Crippen LogP contribution is -2.10. The van der Waals surface area contributed by atoms with E-state index in [1.807, 2.05) is 47.2 Å². The van der Waals surface area contributed by atoms with Gasteiger partial charge in [0.15, 0.2) is 0 Å². The van der Waals surface area contributed by atoms with Crippen molar-refractivity contribution in [2.24, 2.45) is 5.41 Å². The van der Waals surface area contributed by atoms with Gasteiger partial charge in [0.1, 0.15) is 0 Å². The summed E-state index contributed by atoms with van der Waals surface area (Å²) in [6.45, 7) is 4.28. The highest BCUT2D eigenvalue weighted by atomic mass is 32.2. The molecule has 1 fully saturated rings. The molecule has 1 aromatic heterocycles. The molecule has 27 heavy (non-hydrogen) atoms. The van der Waals surface area contributed by atoms with E-state index >= 15 is 0 Å². The van der Waals surface area contributed by atoms with E-state index in [1.54, 1.807) is 12.1 Å². The molecular weight excluding hydrogens is 366 g/mol. The van der Waals surface area contributed by atoms with Crippen LogP contribution in [0.3, 0.4) is 0 Å². The first-order valence-corrected chi connectivity index (χ1v) is 9.94. The lowest BCUT2D eigenvalue weighted by molar-refractivity contribution is 0.368. The van der Waals surface area contributed by atoms with Crippen LogP contribution in [-0.2, 0) is 10.3 Å². The molecule has 2 atom stereocenters. The summed E-state index contributed by atoms with van der Waals surface area (Å²) in [4.78, 5) is 4.58. The number of rotatable bonds is 5. The van der Waals surface area contributed by atoms with Gasteiger partial charge in [-0.2, -0.15) is 13.4 Å². The maximum Gasteiger partial charge on any atom is 0.357 e. The summed E-state index contributed by atoms with van der Waals surface area (Å²) in [7, 11) is -4.28. The third-order valence-corrected chi connectivity index (χ3v) is 5.58. The predicted molar refractivity (Wildman–Crippen MR) is 101 cm³/mol. The summed E-state index contributed by atoms with van der Waals surface area (Å²) in [5.41, 5.74) is 2.20. The summed E-state index contributed by atoms with van der Waals surface area (Å²) in [5, 5.41) is 4.11. The number of nitrogens with zero attached hydrogens (tertiary/aromatic N) is 2. The zero-order valence-corrected chi connectivity index (χ0v) is 15.6. The molecular formula is C19H19N3O4S. The normalized spacial score (nSPS) is 21.0. The molecule has 0 aliphatic heterocycles. The highest BCUT2D eigenvalue weighted by molar-refractivity contribution is 7.87. The highest BCUT2D eigenvalue weighted by Gasteiger charge is 2.61. The van der Waals surface area contributed by atoms with Crippen molar-refractivity contribution in [3.05, 3.63) is 66.1 Å². The maximum absolute atomic E-state index is 10.9. The minimum atomic E-state index is -4.28. The molecule has 0 bridgehead atoms. The van der Waals surface area contributed by atoms with E-state index in [0.717, 1.165) is 11.1 Å². The zero-order valence-electron chi connectivity index (χ0n) is 14.8. The zero-order chi connectivity index (χ0) is 19.2. The van der Waals surface area contributed by atoms with Gasteiger partial charge >= 0.3 is 10.3 Å². The molecule has 140 valence electrons. The quantitative estimate of drug-likeness (QED) is 0.646. The third kappa shape index (κ3) is 3.45. The molecule has 2 N–H and O–H groups in total. The van der Waals surface area contributed by atoms with Crippen molar-refractivity contribution in [2.75, 3.05) is 4.72 Å². The Morgan fingerprint density at radius 2 is 1.70 bits per heavy atom. The minimum absolute atomic E-state index is 0.0571. The van der Waals surface area contributed by atoms with Crippen LogP contribution in [0.15, 0.2) is 59.1 Å². The van der Waals surface area contributed by atoms with Crippen LogP contribution >= 0.6 is 0 Å². The molecule has 0 amide bonds. The molecule has 4 rings (SSSR count). The summed E-state index contributed by atoms with van der Waals surface area (Å²) in [6, 6.07) is 16.6. The van der Waals surface area contributed by atoms with Crippen LogP contribution in [0, 0.1) is 5.41 Å². The molecule has 1 heterocycles. The fraction of sp³-hybridized carbons (Fsp3) is 0.263.